The van der Waals surface area contributed by atoms with Crippen LogP contribution in [0.4, 0.5) is 0 Å². The predicted molar refractivity (Wildman–Crippen MR) is 90.7 cm³/mol. The van der Waals surface area contributed by atoms with E-state index in [0.717, 1.165) is 38.6 Å². The number of aromatic amines is 1. The van der Waals surface area contributed by atoms with Crippen LogP contribution >= 0.6 is 0 Å². The third-order valence-corrected chi connectivity index (χ3v) is 5.52. The molecule has 1 aliphatic heterocycles. The number of piperidine rings is 1. The number of carbonyl (C=O) groups is 2. The molecular formula is C18H25N3O3. The molecule has 0 radical (unpaired) electrons. The second kappa shape index (κ2) is 6.79. The molecule has 0 spiro atoms. The van der Waals surface area contributed by atoms with Gasteiger partial charge in [-0.05, 0) is 37.8 Å². The quantitative estimate of drug-likeness (QED) is 0.861. The highest BCUT2D eigenvalue weighted by atomic mass is 16.2. The Morgan fingerprint density at radius 2 is 2.25 bits per heavy atom. The van der Waals surface area contributed by atoms with E-state index < -0.39 is 0 Å². The van der Waals surface area contributed by atoms with E-state index >= 15 is 0 Å². The summed E-state index contributed by atoms with van der Waals surface area (Å²) in [4.78, 5) is 40.9. The number of rotatable bonds is 5. The molecule has 2 heterocycles. The van der Waals surface area contributed by atoms with Gasteiger partial charge in [0.1, 0.15) is 5.56 Å². The number of pyridine rings is 1. The molecular weight excluding hydrogens is 306 g/mol. The third-order valence-electron chi connectivity index (χ3n) is 5.52. The van der Waals surface area contributed by atoms with Gasteiger partial charge in [-0.15, -0.1) is 0 Å². The van der Waals surface area contributed by atoms with Gasteiger partial charge in [0.2, 0.25) is 5.91 Å². The standard InChI is InChI=1S/C18H25N3O3/c1-2-11-21-14-6-3-8-18(14,9-7-15(21)22)12-20-17(24)13-5-4-10-19-16(13)23/h4-5,10,14H,2-3,6-9,11-12H2,1H3,(H,19,23)(H,20,24)/t14-,18+/m1/s1. The average molecular weight is 331 g/mol. The highest BCUT2D eigenvalue weighted by Gasteiger charge is 2.49. The lowest BCUT2D eigenvalue weighted by Gasteiger charge is -2.46. The first-order valence-electron chi connectivity index (χ1n) is 8.83. The van der Waals surface area contributed by atoms with Crippen molar-refractivity contribution in [3.05, 3.63) is 34.2 Å². The summed E-state index contributed by atoms with van der Waals surface area (Å²) in [6.45, 7) is 3.40. The second-order valence-electron chi connectivity index (χ2n) is 6.95. The zero-order chi connectivity index (χ0) is 17.2. The van der Waals surface area contributed by atoms with Crippen LogP contribution in [0, 0.1) is 5.41 Å². The summed E-state index contributed by atoms with van der Waals surface area (Å²) in [7, 11) is 0. The maximum absolute atomic E-state index is 12.4. The van der Waals surface area contributed by atoms with E-state index in [-0.39, 0.29) is 34.4 Å². The average Bonchev–Trinajstić information content (AvgIpc) is 3.00. The second-order valence-corrected chi connectivity index (χ2v) is 6.95. The van der Waals surface area contributed by atoms with Gasteiger partial charge in [0, 0.05) is 37.2 Å². The molecule has 6 nitrogen and oxygen atoms in total. The molecule has 3 rings (SSSR count). The van der Waals surface area contributed by atoms with Crippen molar-refractivity contribution in [2.24, 2.45) is 5.41 Å². The number of likely N-dealkylation sites (tertiary alicyclic amines) is 1. The van der Waals surface area contributed by atoms with Gasteiger partial charge in [-0.2, -0.15) is 0 Å². The molecule has 2 aliphatic rings. The summed E-state index contributed by atoms with van der Waals surface area (Å²) in [6, 6.07) is 3.40. The number of fused-ring (bicyclic) bond motifs is 1. The van der Waals surface area contributed by atoms with E-state index in [1.165, 1.54) is 12.3 Å². The van der Waals surface area contributed by atoms with E-state index in [1.54, 1.807) is 6.07 Å². The number of nitrogens with one attached hydrogen (secondary N) is 2. The number of hydrogen-bond donors (Lipinski definition) is 2. The van der Waals surface area contributed by atoms with Crippen LogP contribution in [0.3, 0.4) is 0 Å². The van der Waals surface area contributed by atoms with E-state index in [1.807, 2.05) is 4.90 Å². The zero-order valence-corrected chi connectivity index (χ0v) is 14.1. The Morgan fingerprint density at radius 1 is 1.42 bits per heavy atom. The molecule has 2 atom stereocenters. The van der Waals surface area contributed by atoms with Gasteiger partial charge >= 0.3 is 0 Å². The van der Waals surface area contributed by atoms with Crippen LogP contribution in [0.5, 0.6) is 0 Å². The highest BCUT2D eigenvalue weighted by Crippen LogP contribution is 2.47. The summed E-state index contributed by atoms with van der Waals surface area (Å²) in [6.07, 6.45) is 6.95. The molecule has 6 heteroatoms. The minimum absolute atomic E-state index is 0.0414. The minimum atomic E-state index is -0.373. The molecule has 0 unspecified atom stereocenters. The fourth-order valence-corrected chi connectivity index (χ4v) is 4.34. The normalized spacial score (nSPS) is 26.3. The lowest BCUT2D eigenvalue weighted by Crippen LogP contribution is -2.56. The van der Waals surface area contributed by atoms with Gasteiger partial charge < -0.3 is 15.2 Å². The minimum Gasteiger partial charge on any atom is -0.351 e. The topological polar surface area (TPSA) is 82.3 Å². The summed E-state index contributed by atoms with van der Waals surface area (Å²) < 4.78 is 0. The largest absolute Gasteiger partial charge is 0.351 e. The zero-order valence-electron chi connectivity index (χ0n) is 14.1. The monoisotopic (exact) mass is 331 g/mol. The summed E-state index contributed by atoms with van der Waals surface area (Å²) in [5.41, 5.74) is -0.275. The van der Waals surface area contributed by atoms with Crippen LogP contribution in [-0.4, -0.2) is 40.8 Å². The molecule has 1 saturated carbocycles. The summed E-state index contributed by atoms with van der Waals surface area (Å²) >= 11 is 0. The Hall–Kier alpha value is -2.11. The van der Waals surface area contributed by atoms with E-state index in [2.05, 4.69) is 17.2 Å². The van der Waals surface area contributed by atoms with Crippen molar-refractivity contribution >= 4 is 11.8 Å². The molecule has 130 valence electrons. The molecule has 24 heavy (non-hydrogen) atoms. The smallest absolute Gasteiger partial charge is 0.260 e. The summed E-state index contributed by atoms with van der Waals surface area (Å²) in [5, 5.41) is 2.95. The lowest BCUT2D eigenvalue weighted by atomic mass is 9.74. The van der Waals surface area contributed by atoms with E-state index in [0.29, 0.717) is 13.0 Å². The third kappa shape index (κ3) is 2.97. The van der Waals surface area contributed by atoms with Crippen LogP contribution in [0.15, 0.2) is 23.1 Å². The molecule has 0 bridgehead atoms. The maximum Gasteiger partial charge on any atom is 0.260 e. The number of aromatic nitrogens is 1. The molecule has 1 aliphatic carbocycles. The van der Waals surface area contributed by atoms with E-state index in [4.69, 9.17) is 0 Å². The molecule has 2 fully saturated rings. The Labute approximate surface area is 141 Å². The van der Waals surface area contributed by atoms with E-state index in [9.17, 15) is 14.4 Å². The van der Waals surface area contributed by atoms with Crippen LogP contribution in [-0.2, 0) is 4.79 Å². The molecule has 2 N–H and O–H groups in total. The first-order valence-corrected chi connectivity index (χ1v) is 8.83. The van der Waals surface area contributed by atoms with Gasteiger partial charge in [0.15, 0.2) is 0 Å². The molecule has 2 amide bonds. The van der Waals surface area contributed by atoms with Crippen molar-refractivity contribution in [1.82, 2.24) is 15.2 Å². The van der Waals surface area contributed by atoms with Crippen LogP contribution in [0.25, 0.3) is 0 Å². The number of carbonyl (C=O) groups excluding carboxylic acids is 2. The van der Waals surface area contributed by atoms with Gasteiger partial charge in [0.25, 0.3) is 11.5 Å². The van der Waals surface area contributed by atoms with Crippen LogP contribution < -0.4 is 10.9 Å². The van der Waals surface area contributed by atoms with Crippen LogP contribution in [0.2, 0.25) is 0 Å². The number of nitrogens with zero attached hydrogens (tertiary/aromatic N) is 1. The van der Waals surface area contributed by atoms with Crippen molar-refractivity contribution in [2.75, 3.05) is 13.1 Å². The summed E-state index contributed by atoms with van der Waals surface area (Å²) in [5.74, 6) is -0.0963. The SMILES string of the molecule is CCCN1C(=O)CC[C@]2(CNC(=O)c3ccc[nH]c3=O)CCC[C@@H]12. The molecule has 0 aromatic carbocycles. The molecule has 1 saturated heterocycles. The first-order chi connectivity index (χ1) is 11.6. The predicted octanol–water partition coefficient (Wildman–Crippen LogP) is 1.68. The van der Waals surface area contributed by atoms with Gasteiger partial charge in [-0.25, -0.2) is 0 Å². The van der Waals surface area contributed by atoms with Crippen molar-refractivity contribution in [3.8, 4) is 0 Å². The maximum atomic E-state index is 12.4. The fraction of sp³-hybridized carbons (Fsp3) is 0.611. The van der Waals surface area contributed by atoms with Crippen molar-refractivity contribution in [1.29, 1.82) is 0 Å². The van der Waals surface area contributed by atoms with Crippen molar-refractivity contribution in [3.63, 3.8) is 0 Å². The van der Waals surface area contributed by atoms with Gasteiger partial charge in [-0.3, -0.25) is 14.4 Å². The van der Waals surface area contributed by atoms with Crippen molar-refractivity contribution < 1.29 is 9.59 Å². The number of H-pyrrole nitrogens is 1. The highest BCUT2D eigenvalue weighted by molar-refractivity contribution is 5.93. The number of amides is 2. The Balaban J connectivity index is 1.73. The molecule has 1 aromatic heterocycles. The lowest BCUT2D eigenvalue weighted by molar-refractivity contribution is -0.141. The Kier molecular flexibility index (Phi) is 4.73. The fourth-order valence-electron chi connectivity index (χ4n) is 4.34. The number of hydrogen-bond acceptors (Lipinski definition) is 3. The Morgan fingerprint density at radius 3 is 3.00 bits per heavy atom. The van der Waals surface area contributed by atoms with Gasteiger partial charge in [-0.1, -0.05) is 13.3 Å². The molecule has 1 aromatic rings. The van der Waals surface area contributed by atoms with Gasteiger partial charge in [0.05, 0.1) is 0 Å². The Bertz CT molecular complexity index is 684. The first kappa shape index (κ1) is 16.7. The van der Waals surface area contributed by atoms with Crippen molar-refractivity contribution in [2.45, 2.75) is 51.5 Å². The van der Waals surface area contributed by atoms with Crippen LogP contribution in [0.1, 0.15) is 55.8 Å².